The summed E-state index contributed by atoms with van der Waals surface area (Å²) in [6.07, 6.45) is -6.00. The number of hydrogen-bond acceptors (Lipinski definition) is 15. The van der Waals surface area contributed by atoms with Crippen LogP contribution in [0, 0.1) is 0 Å². The number of imidazole rings is 2. The van der Waals surface area contributed by atoms with Crippen molar-refractivity contribution in [1.82, 2.24) is 34.4 Å². The maximum atomic E-state index is 15.8. The standard InChI is InChI=1S/C25H34F2N10O8/c1-24(26)14(38)10(5-41-3)44-20(24)36-7-29-12-16(36)33-23(34-18(12)40)31-9-43-6-11-15(39)25(2,27)21(45-11)37-8-30-13-17(37)32-22(28)35-19(13)42-4/h7-8,10-11,14-15,19-21,38-39H,5-6,9H2,1-4H3,(H3,28,32,35)(H2,31,33,34,40)/t10?,11-,14-,15-,19?,20-,21-,24-,25-/m1/s1. The summed E-state index contributed by atoms with van der Waals surface area (Å²) in [7, 11) is 2.84. The van der Waals surface area contributed by atoms with E-state index in [0.29, 0.717) is 5.69 Å². The molecule has 2 unspecified atom stereocenters. The Morgan fingerprint density at radius 2 is 1.71 bits per heavy atom. The molecular weight excluding hydrogens is 606 g/mol. The van der Waals surface area contributed by atoms with Crippen LogP contribution in [0.25, 0.3) is 11.2 Å². The smallest absolute Gasteiger partial charge is 0.280 e. The van der Waals surface area contributed by atoms with Gasteiger partial charge in [-0.2, -0.15) is 9.98 Å². The van der Waals surface area contributed by atoms with Gasteiger partial charge in [-0.15, -0.1) is 0 Å². The van der Waals surface area contributed by atoms with Crippen LogP contribution in [0.5, 0.6) is 0 Å². The average molecular weight is 641 g/mol. The van der Waals surface area contributed by atoms with Crippen LogP contribution in [-0.4, -0.2) is 115 Å². The first-order valence-corrected chi connectivity index (χ1v) is 13.9. The first kappa shape index (κ1) is 31.2. The fourth-order valence-electron chi connectivity index (χ4n) is 5.70. The van der Waals surface area contributed by atoms with E-state index in [0.717, 1.165) is 0 Å². The third-order valence-electron chi connectivity index (χ3n) is 8.11. The molecule has 3 aromatic heterocycles. The van der Waals surface area contributed by atoms with E-state index in [2.05, 4.69) is 35.6 Å². The number of aliphatic hydroxyl groups is 2. The first-order chi connectivity index (χ1) is 21.4. The SMILES string of the molecule is COCC1O[C@@H](n2cnc3c(=O)[nH]c(NCOC[C@H]4O[C@@H](n5cnc6c5N=C(N)NC6OC)[C@](C)(F)[C@@H]4O)nc32)[C@](C)(F)[C@@H]1O. The third kappa shape index (κ3) is 5.20. The zero-order valence-corrected chi connectivity index (χ0v) is 24.7. The number of aliphatic imine (C=N–C) groups is 1. The van der Waals surface area contributed by atoms with Crippen LogP contribution in [0.15, 0.2) is 22.4 Å². The molecule has 0 aliphatic carbocycles. The number of nitrogens with zero attached hydrogens (tertiary/aromatic N) is 6. The monoisotopic (exact) mass is 640 g/mol. The van der Waals surface area contributed by atoms with Crippen molar-refractivity contribution in [2.75, 3.05) is 39.5 Å². The number of rotatable bonds is 10. The highest BCUT2D eigenvalue weighted by atomic mass is 19.1. The topological polar surface area (TPSA) is 230 Å². The van der Waals surface area contributed by atoms with Gasteiger partial charge in [0.05, 0.1) is 25.9 Å². The van der Waals surface area contributed by atoms with Crippen LogP contribution in [-0.2, 0) is 23.7 Å². The van der Waals surface area contributed by atoms with Crippen molar-refractivity contribution in [2.24, 2.45) is 10.7 Å². The Kier molecular flexibility index (Phi) is 8.00. The quantitative estimate of drug-likeness (QED) is 0.118. The number of anilines is 1. The van der Waals surface area contributed by atoms with Crippen molar-refractivity contribution in [3.05, 3.63) is 28.7 Å². The summed E-state index contributed by atoms with van der Waals surface area (Å²) in [5.41, 5.74) is 0.965. The Labute approximate surface area is 253 Å². The molecule has 0 radical (unpaired) electrons. The molecule has 0 bridgehead atoms. The third-order valence-corrected chi connectivity index (χ3v) is 8.11. The number of aromatic amines is 1. The fraction of sp³-hybridized carbons (Fsp3) is 0.640. The van der Waals surface area contributed by atoms with Crippen molar-refractivity contribution in [1.29, 1.82) is 0 Å². The van der Waals surface area contributed by atoms with Crippen molar-refractivity contribution in [2.45, 2.75) is 68.3 Å². The number of methoxy groups -OCH3 is 2. The molecule has 2 fully saturated rings. The highest BCUT2D eigenvalue weighted by Gasteiger charge is 2.56. The number of alkyl halides is 2. The normalized spacial score (nSPS) is 34.6. The minimum atomic E-state index is -2.27. The summed E-state index contributed by atoms with van der Waals surface area (Å²) >= 11 is 0. The number of halogens is 2. The number of ether oxygens (including phenoxy) is 5. The molecule has 18 nitrogen and oxygen atoms in total. The second-order valence-electron chi connectivity index (χ2n) is 11.2. The van der Waals surface area contributed by atoms with Gasteiger partial charge in [0.2, 0.25) is 5.95 Å². The van der Waals surface area contributed by atoms with E-state index in [9.17, 15) is 15.0 Å². The van der Waals surface area contributed by atoms with Gasteiger partial charge in [-0.3, -0.25) is 18.9 Å². The van der Waals surface area contributed by atoms with Gasteiger partial charge in [0.25, 0.3) is 5.56 Å². The molecule has 6 heterocycles. The number of aromatic nitrogens is 6. The molecule has 7 N–H and O–H groups in total. The maximum Gasteiger partial charge on any atom is 0.280 e. The van der Waals surface area contributed by atoms with Crippen LogP contribution in [0.1, 0.15) is 38.2 Å². The lowest BCUT2D eigenvalue weighted by atomic mass is 9.98. The molecular formula is C25H34F2N10O8. The van der Waals surface area contributed by atoms with Crippen molar-refractivity contribution in [3.8, 4) is 0 Å². The number of guanidine groups is 1. The lowest BCUT2D eigenvalue weighted by Gasteiger charge is -2.27. The summed E-state index contributed by atoms with van der Waals surface area (Å²) in [6, 6.07) is 0. The lowest BCUT2D eigenvalue weighted by molar-refractivity contribution is -0.0674. The molecule has 9 atom stereocenters. The van der Waals surface area contributed by atoms with Gasteiger partial charge in [0, 0.05) is 14.2 Å². The minimum absolute atomic E-state index is 0.0103. The zero-order valence-electron chi connectivity index (χ0n) is 24.7. The minimum Gasteiger partial charge on any atom is -0.387 e. The van der Waals surface area contributed by atoms with E-state index in [-0.39, 0.29) is 48.8 Å². The van der Waals surface area contributed by atoms with E-state index in [1.807, 2.05) is 0 Å². The summed E-state index contributed by atoms with van der Waals surface area (Å²) in [5, 5.41) is 26.8. The highest BCUT2D eigenvalue weighted by molar-refractivity contribution is 5.83. The van der Waals surface area contributed by atoms with Crippen molar-refractivity contribution < 1.29 is 42.7 Å². The second-order valence-corrected chi connectivity index (χ2v) is 11.2. The van der Waals surface area contributed by atoms with Crippen molar-refractivity contribution >= 4 is 28.9 Å². The molecule has 0 amide bonds. The van der Waals surface area contributed by atoms with Crippen LogP contribution < -0.4 is 21.9 Å². The fourth-order valence-corrected chi connectivity index (χ4v) is 5.70. The van der Waals surface area contributed by atoms with Crippen LogP contribution >= 0.6 is 0 Å². The molecule has 0 saturated carbocycles. The Balaban J connectivity index is 1.13. The van der Waals surface area contributed by atoms with E-state index >= 15 is 8.78 Å². The number of hydrogen-bond donors (Lipinski definition) is 6. The van der Waals surface area contributed by atoms with Crippen LogP contribution in [0.4, 0.5) is 20.5 Å². The summed E-state index contributed by atoms with van der Waals surface area (Å²) < 4.78 is 61.4. The summed E-state index contributed by atoms with van der Waals surface area (Å²) in [6.45, 7) is 1.81. The largest absolute Gasteiger partial charge is 0.387 e. The van der Waals surface area contributed by atoms with Gasteiger partial charge < -0.3 is 50.3 Å². The summed E-state index contributed by atoms with van der Waals surface area (Å²) in [5.74, 6) is 0.202. The highest BCUT2D eigenvalue weighted by Crippen LogP contribution is 2.45. The molecule has 0 aromatic carbocycles. The Hall–Kier alpha value is -3.79. The summed E-state index contributed by atoms with van der Waals surface area (Å²) in [4.78, 5) is 32.0. The molecule has 6 rings (SSSR count). The molecule has 2 saturated heterocycles. The van der Waals surface area contributed by atoms with Gasteiger partial charge in [-0.05, 0) is 13.8 Å². The zero-order chi connectivity index (χ0) is 32.3. The molecule has 0 spiro atoms. The second kappa shape index (κ2) is 11.5. The molecule has 20 heteroatoms. The Morgan fingerprint density at radius 3 is 2.38 bits per heavy atom. The molecule has 3 aliphatic heterocycles. The molecule has 45 heavy (non-hydrogen) atoms. The average Bonchev–Trinajstić information content (AvgIpc) is 3.71. The van der Waals surface area contributed by atoms with E-state index in [4.69, 9.17) is 29.4 Å². The predicted octanol–water partition coefficient (Wildman–Crippen LogP) is -0.784. The van der Waals surface area contributed by atoms with E-state index < -0.39 is 60.0 Å². The van der Waals surface area contributed by atoms with Gasteiger partial charge in [-0.25, -0.2) is 18.7 Å². The van der Waals surface area contributed by atoms with E-state index in [1.54, 1.807) is 0 Å². The maximum absolute atomic E-state index is 15.8. The Morgan fingerprint density at radius 1 is 1.07 bits per heavy atom. The Bertz CT molecular complexity index is 1640. The molecule has 246 valence electrons. The number of aliphatic hydroxyl groups excluding tert-OH is 2. The van der Waals surface area contributed by atoms with Crippen LogP contribution in [0.2, 0.25) is 0 Å². The van der Waals surface area contributed by atoms with Gasteiger partial charge >= 0.3 is 0 Å². The van der Waals surface area contributed by atoms with Crippen molar-refractivity contribution in [3.63, 3.8) is 0 Å². The first-order valence-electron chi connectivity index (χ1n) is 13.9. The number of nitrogens with one attached hydrogen (secondary N) is 3. The van der Waals surface area contributed by atoms with Crippen LogP contribution in [0.3, 0.4) is 0 Å². The molecule has 3 aliphatic rings. The number of nitrogens with two attached hydrogens (primary N) is 1. The van der Waals surface area contributed by atoms with E-state index in [1.165, 1.54) is 49.9 Å². The predicted molar refractivity (Wildman–Crippen MR) is 150 cm³/mol. The van der Waals surface area contributed by atoms with Gasteiger partial charge in [-0.1, -0.05) is 0 Å². The number of fused-ring (bicyclic) bond motifs is 2. The number of H-pyrrole nitrogens is 1. The van der Waals surface area contributed by atoms with Gasteiger partial charge in [0.15, 0.2) is 53.0 Å². The van der Waals surface area contributed by atoms with Gasteiger partial charge in [0.1, 0.15) is 36.8 Å². The molecule has 3 aromatic rings. The lowest BCUT2D eigenvalue weighted by Crippen LogP contribution is -2.41.